The van der Waals surface area contributed by atoms with Crippen LogP contribution in [0.3, 0.4) is 0 Å². The highest BCUT2D eigenvalue weighted by Gasteiger charge is 2.30. The maximum absolute atomic E-state index is 11.7. The number of aryl methyl sites for hydroxylation is 1. The lowest BCUT2D eigenvalue weighted by Crippen LogP contribution is -2.24. The van der Waals surface area contributed by atoms with Gasteiger partial charge in [-0.3, -0.25) is 0 Å². The van der Waals surface area contributed by atoms with E-state index >= 15 is 0 Å². The maximum Gasteiger partial charge on any atom is 0.155 e. The lowest BCUT2D eigenvalue weighted by Gasteiger charge is -2.19. The van der Waals surface area contributed by atoms with Crippen molar-refractivity contribution in [3.05, 3.63) is 11.6 Å². The molecule has 0 spiro atoms. The zero-order chi connectivity index (χ0) is 12.8. The van der Waals surface area contributed by atoms with Gasteiger partial charge in [0.05, 0.1) is 11.5 Å². The van der Waals surface area contributed by atoms with E-state index in [1.807, 2.05) is 4.68 Å². The minimum Gasteiger partial charge on any atom is -0.250 e. The maximum atomic E-state index is 11.7. The summed E-state index contributed by atoms with van der Waals surface area (Å²) in [7, 11) is -2.88. The Kier molecular flexibility index (Phi) is 2.92. The first kappa shape index (κ1) is 12.1. The average molecular weight is 269 g/mol. The van der Waals surface area contributed by atoms with Crippen LogP contribution < -0.4 is 0 Å². The molecule has 0 aliphatic carbocycles. The predicted molar refractivity (Wildman–Crippen MR) is 68.1 cm³/mol. The van der Waals surface area contributed by atoms with E-state index in [4.69, 9.17) is 0 Å². The van der Waals surface area contributed by atoms with Crippen LogP contribution in [-0.4, -0.2) is 34.7 Å². The van der Waals surface area contributed by atoms with Gasteiger partial charge in [-0.05, 0) is 25.2 Å². The van der Waals surface area contributed by atoms with Crippen LogP contribution >= 0.6 is 0 Å². The summed E-state index contributed by atoms with van der Waals surface area (Å²) in [4.78, 5) is 4.56. The fourth-order valence-corrected chi connectivity index (χ4v) is 4.59. The lowest BCUT2D eigenvalue weighted by molar-refractivity contribution is 0.366. The van der Waals surface area contributed by atoms with E-state index in [0.717, 1.165) is 43.9 Å². The second-order valence-corrected chi connectivity index (χ2v) is 7.89. The summed E-state index contributed by atoms with van der Waals surface area (Å²) in [5.74, 6) is 2.99. The van der Waals surface area contributed by atoms with Gasteiger partial charge in [0, 0.05) is 18.9 Å². The van der Waals surface area contributed by atoms with Gasteiger partial charge in [-0.1, -0.05) is 6.92 Å². The summed E-state index contributed by atoms with van der Waals surface area (Å²) < 4.78 is 25.3. The van der Waals surface area contributed by atoms with Crippen molar-refractivity contribution in [2.24, 2.45) is 5.92 Å². The molecule has 0 radical (unpaired) electrons. The Labute approximate surface area is 108 Å². The smallest absolute Gasteiger partial charge is 0.155 e. The van der Waals surface area contributed by atoms with Gasteiger partial charge in [0.25, 0.3) is 0 Å². The average Bonchev–Trinajstić information content (AvgIpc) is 2.70. The van der Waals surface area contributed by atoms with Gasteiger partial charge >= 0.3 is 0 Å². The molecule has 1 aromatic rings. The molecule has 1 aromatic heterocycles. The number of hydrogen-bond acceptors (Lipinski definition) is 4. The number of nitrogens with zero attached hydrogens (tertiary/aromatic N) is 3. The highest BCUT2D eigenvalue weighted by Crippen LogP contribution is 2.27. The zero-order valence-electron chi connectivity index (χ0n) is 10.7. The van der Waals surface area contributed by atoms with E-state index in [1.165, 1.54) is 0 Å². The molecule has 0 bridgehead atoms. The van der Waals surface area contributed by atoms with E-state index in [-0.39, 0.29) is 11.7 Å². The van der Waals surface area contributed by atoms with Crippen LogP contribution in [0.25, 0.3) is 0 Å². The fraction of sp³-hybridized carbons (Fsp3) is 0.833. The van der Waals surface area contributed by atoms with Crippen LogP contribution in [0.1, 0.15) is 43.8 Å². The predicted octanol–water partition coefficient (Wildman–Crippen LogP) is 1.15. The van der Waals surface area contributed by atoms with Gasteiger partial charge in [-0.25, -0.2) is 18.1 Å². The first-order chi connectivity index (χ1) is 8.53. The molecule has 1 fully saturated rings. The van der Waals surface area contributed by atoms with Crippen LogP contribution in [0.2, 0.25) is 0 Å². The quantitative estimate of drug-likeness (QED) is 0.767. The molecule has 2 unspecified atom stereocenters. The van der Waals surface area contributed by atoms with Crippen molar-refractivity contribution in [1.29, 1.82) is 0 Å². The first-order valence-electron chi connectivity index (χ1n) is 6.67. The van der Waals surface area contributed by atoms with Crippen molar-refractivity contribution in [3.8, 4) is 0 Å². The van der Waals surface area contributed by atoms with Gasteiger partial charge in [-0.15, -0.1) is 0 Å². The van der Waals surface area contributed by atoms with Gasteiger partial charge in [0.1, 0.15) is 5.82 Å². The van der Waals surface area contributed by atoms with Gasteiger partial charge in [-0.2, -0.15) is 5.10 Å². The Balaban J connectivity index is 1.85. The number of fused-ring (bicyclic) bond motifs is 1. The standard InChI is InChI=1S/C12H19N3O2S/c1-9-4-5-11-13-12(14-15(11)7-9)10-3-2-6-18(16,17)8-10/h9-10H,2-8H2,1H3. The monoisotopic (exact) mass is 269 g/mol. The largest absolute Gasteiger partial charge is 0.250 e. The van der Waals surface area contributed by atoms with Gasteiger partial charge in [0.15, 0.2) is 15.7 Å². The highest BCUT2D eigenvalue weighted by molar-refractivity contribution is 7.91. The molecule has 18 heavy (non-hydrogen) atoms. The Hall–Kier alpha value is -0.910. The van der Waals surface area contributed by atoms with E-state index in [9.17, 15) is 8.42 Å². The molecule has 2 aliphatic rings. The molecule has 2 atom stereocenters. The first-order valence-corrected chi connectivity index (χ1v) is 8.50. The second-order valence-electron chi connectivity index (χ2n) is 5.67. The van der Waals surface area contributed by atoms with Crippen LogP contribution in [-0.2, 0) is 22.8 Å². The van der Waals surface area contributed by atoms with Crippen LogP contribution in [0.4, 0.5) is 0 Å². The van der Waals surface area contributed by atoms with Gasteiger partial charge < -0.3 is 0 Å². The molecule has 0 saturated carbocycles. The minimum absolute atomic E-state index is 0.0113. The molecule has 1 saturated heterocycles. The molecule has 0 amide bonds. The molecule has 3 rings (SSSR count). The molecule has 2 aliphatic heterocycles. The van der Waals surface area contributed by atoms with Crippen molar-refractivity contribution in [1.82, 2.24) is 14.8 Å². The third-order valence-electron chi connectivity index (χ3n) is 3.94. The third kappa shape index (κ3) is 2.30. The summed E-state index contributed by atoms with van der Waals surface area (Å²) in [6.45, 7) is 3.14. The molecular weight excluding hydrogens is 250 g/mol. The van der Waals surface area contributed by atoms with E-state index in [0.29, 0.717) is 11.7 Å². The summed E-state index contributed by atoms with van der Waals surface area (Å²) in [6, 6.07) is 0. The van der Waals surface area contributed by atoms with Gasteiger partial charge in [0.2, 0.25) is 0 Å². The Bertz CT molecular complexity index is 550. The summed E-state index contributed by atoms with van der Waals surface area (Å²) in [5, 5.41) is 4.53. The molecule has 0 N–H and O–H groups in total. The molecule has 0 aromatic carbocycles. The van der Waals surface area contributed by atoms with Crippen molar-refractivity contribution in [3.63, 3.8) is 0 Å². The van der Waals surface area contributed by atoms with Crippen molar-refractivity contribution in [2.75, 3.05) is 11.5 Å². The minimum atomic E-state index is -2.88. The molecular formula is C12H19N3O2S. The summed E-state index contributed by atoms with van der Waals surface area (Å²) in [6.07, 6.45) is 3.76. The Morgan fingerprint density at radius 2 is 2.17 bits per heavy atom. The molecule has 5 nitrogen and oxygen atoms in total. The number of aromatic nitrogens is 3. The van der Waals surface area contributed by atoms with Crippen LogP contribution in [0, 0.1) is 5.92 Å². The van der Waals surface area contributed by atoms with Crippen molar-refractivity contribution in [2.45, 2.75) is 45.1 Å². The van der Waals surface area contributed by atoms with E-state index < -0.39 is 9.84 Å². The van der Waals surface area contributed by atoms with Crippen LogP contribution in [0.15, 0.2) is 0 Å². The normalized spacial score (nSPS) is 30.9. The Morgan fingerprint density at radius 3 is 2.94 bits per heavy atom. The summed E-state index contributed by atoms with van der Waals surface area (Å²) >= 11 is 0. The third-order valence-corrected chi connectivity index (χ3v) is 5.76. The SMILES string of the molecule is CC1CCc2nc(C3CCCS(=O)(=O)C3)nn2C1. The molecule has 100 valence electrons. The van der Waals surface area contributed by atoms with E-state index in [2.05, 4.69) is 17.0 Å². The molecule has 3 heterocycles. The second kappa shape index (κ2) is 4.33. The number of rotatable bonds is 1. The fourth-order valence-electron chi connectivity index (χ4n) is 2.89. The van der Waals surface area contributed by atoms with Crippen molar-refractivity contribution < 1.29 is 8.42 Å². The lowest BCUT2D eigenvalue weighted by atomic mass is 10.0. The van der Waals surface area contributed by atoms with Crippen molar-refractivity contribution >= 4 is 9.84 Å². The highest BCUT2D eigenvalue weighted by atomic mass is 32.2. The Morgan fingerprint density at radius 1 is 1.33 bits per heavy atom. The van der Waals surface area contributed by atoms with Crippen LogP contribution in [0.5, 0.6) is 0 Å². The van der Waals surface area contributed by atoms with E-state index in [1.54, 1.807) is 0 Å². The topological polar surface area (TPSA) is 64.8 Å². The number of sulfone groups is 1. The molecule has 6 heteroatoms. The number of hydrogen-bond donors (Lipinski definition) is 0. The summed E-state index contributed by atoms with van der Waals surface area (Å²) in [5.41, 5.74) is 0. The zero-order valence-corrected chi connectivity index (χ0v) is 11.5.